The fraction of sp³-hybridized carbons (Fsp3) is 0.182. The zero-order valence-electron chi connectivity index (χ0n) is 13.9. The van der Waals surface area contributed by atoms with Crippen molar-refractivity contribution in [3.05, 3.63) is 96.1 Å². The molecule has 0 saturated heterocycles. The average Bonchev–Trinajstić information content (AvgIpc) is 2.67. The highest BCUT2D eigenvalue weighted by Crippen LogP contribution is 2.20. The van der Waals surface area contributed by atoms with Crippen molar-refractivity contribution in [3.63, 3.8) is 0 Å². The molecule has 2 heteroatoms. The molecular weight excluding hydrogens is 294 g/mol. The van der Waals surface area contributed by atoms with E-state index in [9.17, 15) is 5.11 Å². The van der Waals surface area contributed by atoms with Gasteiger partial charge in [0.1, 0.15) is 0 Å². The van der Waals surface area contributed by atoms with Crippen molar-refractivity contribution in [1.82, 2.24) is 5.32 Å². The molecule has 122 valence electrons. The van der Waals surface area contributed by atoms with Crippen molar-refractivity contribution in [2.24, 2.45) is 0 Å². The van der Waals surface area contributed by atoms with Gasteiger partial charge in [-0.3, -0.25) is 0 Å². The Kier molecular flexibility index (Phi) is 5.42. The van der Waals surface area contributed by atoms with Gasteiger partial charge in [0.25, 0.3) is 0 Å². The summed E-state index contributed by atoms with van der Waals surface area (Å²) in [5, 5.41) is 13.8. The van der Waals surface area contributed by atoms with Crippen LogP contribution in [0.3, 0.4) is 0 Å². The average molecular weight is 317 g/mol. The highest BCUT2D eigenvalue weighted by molar-refractivity contribution is 5.63. The molecule has 2 atom stereocenters. The van der Waals surface area contributed by atoms with Crippen LogP contribution in [-0.4, -0.2) is 11.1 Å². The SMILES string of the molecule is C[C@@H](NCc1ccc(-c2ccccc2)cc1)[C@@H](O)c1ccccc1. The second-order valence-corrected chi connectivity index (χ2v) is 6.09. The maximum absolute atomic E-state index is 10.4. The molecule has 0 aromatic heterocycles. The zero-order valence-corrected chi connectivity index (χ0v) is 13.9. The molecule has 0 aliphatic rings. The maximum Gasteiger partial charge on any atom is 0.0940 e. The summed E-state index contributed by atoms with van der Waals surface area (Å²) >= 11 is 0. The van der Waals surface area contributed by atoms with E-state index < -0.39 is 6.10 Å². The first-order valence-corrected chi connectivity index (χ1v) is 8.35. The summed E-state index contributed by atoms with van der Waals surface area (Å²) in [4.78, 5) is 0. The summed E-state index contributed by atoms with van der Waals surface area (Å²) < 4.78 is 0. The third kappa shape index (κ3) is 4.10. The Balaban J connectivity index is 1.59. The lowest BCUT2D eigenvalue weighted by atomic mass is 10.0. The molecule has 0 aliphatic carbocycles. The summed E-state index contributed by atoms with van der Waals surface area (Å²) in [6.07, 6.45) is -0.505. The third-order valence-corrected chi connectivity index (χ3v) is 4.30. The topological polar surface area (TPSA) is 32.3 Å². The minimum Gasteiger partial charge on any atom is -0.387 e. The molecule has 0 saturated carbocycles. The van der Waals surface area contributed by atoms with Crippen LogP contribution in [0.25, 0.3) is 11.1 Å². The predicted molar refractivity (Wildman–Crippen MR) is 99.6 cm³/mol. The van der Waals surface area contributed by atoms with Crippen LogP contribution < -0.4 is 5.32 Å². The Morgan fingerprint density at radius 2 is 1.29 bits per heavy atom. The van der Waals surface area contributed by atoms with Gasteiger partial charge in [-0.15, -0.1) is 0 Å². The molecule has 0 unspecified atom stereocenters. The van der Waals surface area contributed by atoms with Gasteiger partial charge >= 0.3 is 0 Å². The summed E-state index contributed by atoms with van der Waals surface area (Å²) in [7, 11) is 0. The lowest BCUT2D eigenvalue weighted by Crippen LogP contribution is -2.31. The van der Waals surface area contributed by atoms with E-state index in [0.717, 1.165) is 12.1 Å². The first-order chi connectivity index (χ1) is 11.7. The van der Waals surface area contributed by atoms with Gasteiger partial charge in [-0.2, -0.15) is 0 Å². The number of hydrogen-bond acceptors (Lipinski definition) is 2. The monoisotopic (exact) mass is 317 g/mol. The van der Waals surface area contributed by atoms with Crippen LogP contribution in [0.4, 0.5) is 0 Å². The molecular formula is C22H23NO. The Morgan fingerprint density at radius 3 is 1.92 bits per heavy atom. The summed E-state index contributed by atoms with van der Waals surface area (Å²) in [6.45, 7) is 2.75. The molecule has 0 radical (unpaired) electrons. The van der Waals surface area contributed by atoms with Gasteiger partial charge in [-0.25, -0.2) is 0 Å². The van der Waals surface area contributed by atoms with E-state index in [2.05, 4.69) is 53.8 Å². The van der Waals surface area contributed by atoms with E-state index in [0.29, 0.717) is 0 Å². The van der Waals surface area contributed by atoms with Gasteiger partial charge in [0.15, 0.2) is 0 Å². The van der Waals surface area contributed by atoms with Gasteiger partial charge < -0.3 is 10.4 Å². The van der Waals surface area contributed by atoms with Crippen LogP contribution in [0.2, 0.25) is 0 Å². The highest BCUT2D eigenvalue weighted by atomic mass is 16.3. The van der Waals surface area contributed by atoms with Gasteiger partial charge in [-0.1, -0.05) is 84.9 Å². The molecule has 3 aromatic carbocycles. The molecule has 0 bridgehead atoms. The molecule has 2 N–H and O–H groups in total. The summed E-state index contributed by atoms with van der Waals surface area (Å²) in [5.41, 5.74) is 4.60. The van der Waals surface area contributed by atoms with Crippen LogP contribution in [0.5, 0.6) is 0 Å². The third-order valence-electron chi connectivity index (χ3n) is 4.30. The molecule has 2 nitrogen and oxygen atoms in total. The van der Waals surface area contributed by atoms with Crippen molar-refractivity contribution < 1.29 is 5.11 Å². The van der Waals surface area contributed by atoms with Gasteiger partial charge in [0.05, 0.1) is 6.10 Å². The first-order valence-electron chi connectivity index (χ1n) is 8.35. The van der Waals surface area contributed by atoms with Crippen LogP contribution in [-0.2, 0) is 6.54 Å². The number of aliphatic hydroxyl groups is 1. The van der Waals surface area contributed by atoms with Gasteiger partial charge in [0, 0.05) is 12.6 Å². The Bertz CT molecular complexity index is 738. The molecule has 0 aliphatic heterocycles. The number of nitrogens with one attached hydrogen (secondary N) is 1. The number of hydrogen-bond donors (Lipinski definition) is 2. The van der Waals surface area contributed by atoms with Crippen molar-refractivity contribution in [3.8, 4) is 11.1 Å². The minimum atomic E-state index is -0.505. The van der Waals surface area contributed by atoms with Crippen LogP contribution in [0.1, 0.15) is 24.2 Å². The van der Waals surface area contributed by atoms with E-state index in [-0.39, 0.29) is 6.04 Å². The second kappa shape index (κ2) is 7.91. The van der Waals surface area contributed by atoms with Crippen LogP contribution in [0.15, 0.2) is 84.9 Å². The Hall–Kier alpha value is -2.42. The number of aliphatic hydroxyl groups excluding tert-OH is 1. The highest BCUT2D eigenvalue weighted by Gasteiger charge is 2.15. The van der Waals surface area contributed by atoms with Crippen molar-refractivity contribution in [1.29, 1.82) is 0 Å². The minimum absolute atomic E-state index is 0.0128. The van der Waals surface area contributed by atoms with E-state index >= 15 is 0 Å². The molecule has 3 aromatic rings. The Morgan fingerprint density at radius 1 is 0.750 bits per heavy atom. The molecule has 0 fully saturated rings. The molecule has 24 heavy (non-hydrogen) atoms. The molecule has 0 heterocycles. The fourth-order valence-electron chi connectivity index (χ4n) is 2.78. The van der Waals surface area contributed by atoms with Gasteiger partial charge in [-0.05, 0) is 29.2 Å². The number of benzene rings is 3. The van der Waals surface area contributed by atoms with Gasteiger partial charge in [0.2, 0.25) is 0 Å². The lowest BCUT2D eigenvalue weighted by molar-refractivity contribution is 0.135. The van der Waals surface area contributed by atoms with Crippen LogP contribution >= 0.6 is 0 Å². The summed E-state index contributed by atoms with van der Waals surface area (Å²) in [5.74, 6) is 0. The van der Waals surface area contributed by atoms with Crippen LogP contribution in [0, 0.1) is 0 Å². The van der Waals surface area contributed by atoms with E-state index in [1.807, 2.05) is 43.3 Å². The van der Waals surface area contributed by atoms with Crippen molar-refractivity contribution >= 4 is 0 Å². The van der Waals surface area contributed by atoms with E-state index in [1.165, 1.54) is 16.7 Å². The van der Waals surface area contributed by atoms with Crippen molar-refractivity contribution in [2.75, 3.05) is 0 Å². The van der Waals surface area contributed by atoms with Crippen molar-refractivity contribution in [2.45, 2.75) is 25.6 Å². The quantitative estimate of drug-likeness (QED) is 0.698. The molecule has 3 rings (SSSR count). The van der Waals surface area contributed by atoms with E-state index in [4.69, 9.17) is 0 Å². The second-order valence-electron chi connectivity index (χ2n) is 6.09. The lowest BCUT2D eigenvalue weighted by Gasteiger charge is -2.20. The zero-order chi connectivity index (χ0) is 16.8. The smallest absolute Gasteiger partial charge is 0.0940 e. The normalized spacial score (nSPS) is 13.4. The maximum atomic E-state index is 10.4. The fourth-order valence-corrected chi connectivity index (χ4v) is 2.78. The number of rotatable bonds is 6. The molecule has 0 amide bonds. The molecule has 0 spiro atoms. The van der Waals surface area contributed by atoms with E-state index in [1.54, 1.807) is 0 Å². The predicted octanol–water partition coefficient (Wildman–Crippen LogP) is 4.57. The summed E-state index contributed by atoms with van der Waals surface area (Å²) in [6, 6.07) is 28.7. The first kappa shape index (κ1) is 16.4. The standard InChI is InChI=1S/C22H23NO/c1-17(22(24)21-10-6-3-7-11-21)23-16-18-12-14-20(15-13-18)19-8-4-2-5-9-19/h2-15,17,22-24H,16H2,1H3/t17-,22-/m1/s1. The largest absolute Gasteiger partial charge is 0.387 e. The Labute approximate surface area is 143 Å².